The maximum Gasteiger partial charge on any atom is 0.303 e. The van der Waals surface area contributed by atoms with Crippen molar-refractivity contribution in [3.8, 4) is 0 Å². The second-order valence-electron chi connectivity index (χ2n) is 4.21. The highest BCUT2D eigenvalue weighted by Crippen LogP contribution is 2.23. The van der Waals surface area contributed by atoms with Gasteiger partial charge in [0.2, 0.25) is 0 Å². The van der Waals surface area contributed by atoms with Crippen molar-refractivity contribution in [2.45, 2.75) is 44.9 Å². The van der Waals surface area contributed by atoms with E-state index < -0.39 is 5.97 Å². The molecule has 0 heterocycles. The van der Waals surface area contributed by atoms with E-state index in [9.17, 15) is 4.79 Å². The van der Waals surface area contributed by atoms with E-state index in [0.717, 1.165) is 31.8 Å². The lowest BCUT2D eigenvalue weighted by Gasteiger charge is -2.09. The van der Waals surface area contributed by atoms with Gasteiger partial charge in [0.15, 0.2) is 0 Å². The number of carboxylic acid groups (broad SMARTS) is 1. The number of unbranched alkanes of at least 4 members (excludes halogenated alkanes) is 1. The molecule has 0 aromatic rings. The lowest BCUT2D eigenvalue weighted by molar-refractivity contribution is -0.137. The van der Waals surface area contributed by atoms with Gasteiger partial charge >= 0.3 is 5.97 Å². The molecule has 0 aromatic carbocycles. The van der Waals surface area contributed by atoms with Crippen LogP contribution in [0, 0.1) is 5.92 Å². The van der Waals surface area contributed by atoms with Gasteiger partial charge in [-0.15, -0.1) is 0 Å². The van der Waals surface area contributed by atoms with E-state index in [-0.39, 0.29) is 0 Å². The maximum absolute atomic E-state index is 10.2. The van der Waals surface area contributed by atoms with Crippen molar-refractivity contribution in [2.24, 2.45) is 5.92 Å². The largest absolute Gasteiger partial charge is 0.481 e. The molecule has 0 atom stereocenters. The minimum atomic E-state index is -0.680. The molecule has 3 nitrogen and oxygen atoms in total. The fourth-order valence-electron chi connectivity index (χ4n) is 2.05. The highest BCUT2D eigenvalue weighted by Gasteiger charge is 2.13. The van der Waals surface area contributed by atoms with E-state index in [0.29, 0.717) is 6.42 Å². The SMILES string of the molecule is O=C(O)CCCCNCC1CCCC1. The number of carboxylic acids is 1. The second-order valence-corrected chi connectivity index (χ2v) is 4.21. The highest BCUT2D eigenvalue weighted by atomic mass is 16.4. The summed E-state index contributed by atoms with van der Waals surface area (Å²) < 4.78 is 0. The molecule has 0 aliphatic heterocycles. The number of hydrogen-bond donors (Lipinski definition) is 2. The summed E-state index contributed by atoms with van der Waals surface area (Å²) in [6, 6.07) is 0. The smallest absolute Gasteiger partial charge is 0.303 e. The fourth-order valence-corrected chi connectivity index (χ4v) is 2.05. The third kappa shape index (κ3) is 5.22. The Morgan fingerprint density at radius 1 is 1.29 bits per heavy atom. The number of rotatable bonds is 7. The molecule has 1 fully saturated rings. The van der Waals surface area contributed by atoms with Gasteiger partial charge in [0.05, 0.1) is 0 Å². The van der Waals surface area contributed by atoms with Crippen LogP contribution in [0.2, 0.25) is 0 Å². The van der Waals surface area contributed by atoms with Crippen molar-refractivity contribution < 1.29 is 9.90 Å². The second kappa shape index (κ2) is 6.82. The van der Waals surface area contributed by atoms with Gasteiger partial charge in [-0.25, -0.2) is 0 Å². The Labute approximate surface area is 85.9 Å². The molecule has 0 unspecified atom stereocenters. The summed E-state index contributed by atoms with van der Waals surface area (Å²) in [7, 11) is 0. The average molecular weight is 199 g/mol. The summed E-state index contributed by atoms with van der Waals surface area (Å²) in [6.07, 6.45) is 7.64. The predicted molar refractivity (Wildman–Crippen MR) is 56.3 cm³/mol. The molecule has 14 heavy (non-hydrogen) atoms. The van der Waals surface area contributed by atoms with Gasteiger partial charge in [0, 0.05) is 6.42 Å². The third-order valence-electron chi connectivity index (χ3n) is 2.90. The van der Waals surface area contributed by atoms with E-state index in [4.69, 9.17) is 5.11 Å². The summed E-state index contributed by atoms with van der Waals surface area (Å²) in [4.78, 5) is 10.2. The van der Waals surface area contributed by atoms with Crippen LogP contribution in [0.4, 0.5) is 0 Å². The summed E-state index contributed by atoms with van der Waals surface area (Å²) >= 11 is 0. The van der Waals surface area contributed by atoms with E-state index in [1.807, 2.05) is 0 Å². The van der Waals surface area contributed by atoms with Crippen LogP contribution in [0.5, 0.6) is 0 Å². The van der Waals surface area contributed by atoms with Gasteiger partial charge in [-0.1, -0.05) is 12.8 Å². The average Bonchev–Trinajstić information content (AvgIpc) is 2.63. The molecule has 2 N–H and O–H groups in total. The topological polar surface area (TPSA) is 49.3 Å². The normalized spacial score (nSPS) is 17.4. The molecule has 0 radical (unpaired) electrons. The third-order valence-corrected chi connectivity index (χ3v) is 2.90. The van der Waals surface area contributed by atoms with E-state index in [2.05, 4.69) is 5.32 Å². The van der Waals surface area contributed by atoms with Crippen LogP contribution >= 0.6 is 0 Å². The van der Waals surface area contributed by atoms with Gasteiger partial charge in [-0.3, -0.25) is 4.79 Å². The number of aliphatic carboxylic acids is 1. The minimum Gasteiger partial charge on any atom is -0.481 e. The standard InChI is InChI=1S/C11H21NO2/c13-11(14)7-3-4-8-12-9-10-5-1-2-6-10/h10,12H,1-9H2,(H,13,14). The maximum atomic E-state index is 10.2. The molecule has 0 aromatic heterocycles. The molecule has 3 heteroatoms. The Kier molecular flexibility index (Phi) is 5.60. The Morgan fingerprint density at radius 3 is 2.64 bits per heavy atom. The first-order valence-electron chi connectivity index (χ1n) is 5.71. The first kappa shape index (κ1) is 11.5. The van der Waals surface area contributed by atoms with Gasteiger partial charge < -0.3 is 10.4 Å². The summed E-state index contributed by atoms with van der Waals surface area (Å²) in [6.45, 7) is 2.11. The lowest BCUT2D eigenvalue weighted by Crippen LogP contribution is -2.22. The highest BCUT2D eigenvalue weighted by molar-refractivity contribution is 5.66. The Bertz CT molecular complexity index is 165. The number of nitrogens with one attached hydrogen (secondary N) is 1. The molecular formula is C11H21NO2. The van der Waals surface area contributed by atoms with Crippen molar-refractivity contribution in [3.05, 3.63) is 0 Å². The van der Waals surface area contributed by atoms with E-state index in [1.54, 1.807) is 0 Å². The van der Waals surface area contributed by atoms with Crippen LogP contribution in [0.3, 0.4) is 0 Å². The van der Waals surface area contributed by atoms with Crippen molar-refractivity contribution in [3.63, 3.8) is 0 Å². The van der Waals surface area contributed by atoms with Crippen LogP contribution < -0.4 is 5.32 Å². The van der Waals surface area contributed by atoms with Crippen LogP contribution in [0.25, 0.3) is 0 Å². The van der Waals surface area contributed by atoms with Crippen molar-refractivity contribution in [1.29, 1.82) is 0 Å². The number of carbonyl (C=O) groups is 1. The zero-order valence-corrected chi connectivity index (χ0v) is 8.80. The first-order valence-corrected chi connectivity index (χ1v) is 5.71. The lowest BCUT2D eigenvalue weighted by atomic mass is 10.1. The van der Waals surface area contributed by atoms with Crippen LogP contribution in [0.1, 0.15) is 44.9 Å². The van der Waals surface area contributed by atoms with Gasteiger partial charge in [0.1, 0.15) is 0 Å². The zero-order valence-electron chi connectivity index (χ0n) is 8.80. The molecule has 0 saturated heterocycles. The predicted octanol–water partition coefficient (Wildman–Crippen LogP) is 2.02. The molecule has 0 spiro atoms. The van der Waals surface area contributed by atoms with E-state index >= 15 is 0 Å². The minimum absolute atomic E-state index is 0.311. The molecule has 82 valence electrons. The molecule has 0 bridgehead atoms. The monoisotopic (exact) mass is 199 g/mol. The molecule has 1 aliphatic carbocycles. The summed E-state index contributed by atoms with van der Waals surface area (Å²) in [5, 5.41) is 11.8. The molecule has 1 saturated carbocycles. The molecule has 1 aliphatic rings. The Balaban J connectivity index is 1.82. The number of hydrogen-bond acceptors (Lipinski definition) is 2. The van der Waals surface area contributed by atoms with Gasteiger partial charge in [0.25, 0.3) is 0 Å². The van der Waals surface area contributed by atoms with Crippen molar-refractivity contribution in [2.75, 3.05) is 13.1 Å². The van der Waals surface area contributed by atoms with Crippen molar-refractivity contribution in [1.82, 2.24) is 5.32 Å². The Morgan fingerprint density at radius 2 is 2.00 bits per heavy atom. The quantitative estimate of drug-likeness (QED) is 0.617. The van der Waals surface area contributed by atoms with Crippen LogP contribution in [-0.4, -0.2) is 24.2 Å². The summed E-state index contributed by atoms with van der Waals surface area (Å²) in [5.74, 6) is 0.204. The molecule has 1 rings (SSSR count). The summed E-state index contributed by atoms with van der Waals surface area (Å²) in [5.41, 5.74) is 0. The molecular weight excluding hydrogens is 178 g/mol. The van der Waals surface area contributed by atoms with Gasteiger partial charge in [-0.05, 0) is 44.7 Å². The van der Waals surface area contributed by atoms with E-state index in [1.165, 1.54) is 25.7 Å². The van der Waals surface area contributed by atoms with Gasteiger partial charge in [-0.2, -0.15) is 0 Å². The zero-order chi connectivity index (χ0) is 10.2. The van der Waals surface area contributed by atoms with Crippen LogP contribution in [0.15, 0.2) is 0 Å². The fraction of sp³-hybridized carbons (Fsp3) is 0.909. The van der Waals surface area contributed by atoms with Crippen LogP contribution in [-0.2, 0) is 4.79 Å². The Hall–Kier alpha value is -0.570. The van der Waals surface area contributed by atoms with Crippen molar-refractivity contribution >= 4 is 5.97 Å². The molecule has 0 amide bonds. The first-order chi connectivity index (χ1) is 6.79.